The van der Waals surface area contributed by atoms with E-state index in [9.17, 15) is 9.90 Å². The van der Waals surface area contributed by atoms with Gasteiger partial charge in [-0.25, -0.2) is 0 Å². The van der Waals surface area contributed by atoms with Gasteiger partial charge in [-0.15, -0.1) is 0 Å². The van der Waals surface area contributed by atoms with Gasteiger partial charge in [-0.1, -0.05) is 19.1 Å². The van der Waals surface area contributed by atoms with Gasteiger partial charge >= 0.3 is 5.97 Å². The van der Waals surface area contributed by atoms with Gasteiger partial charge in [0.1, 0.15) is 17.6 Å². The van der Waals surface area contributed by atoms with E-state index in [1.54, 1.807) is 13.8 Å². The Labute approximate surface area is 186 Å². The molecular formula is C26H39NO4. The van der Waals surface area contributed by atoms with Crippen molar-refractivity contribution in [2.45, 2.75) is 97.1 Å². The zero-order valence-corrected chi connectivity index (χ0v) is 19.5. The fraction of sp³-hybridized carbons (Fsp3) is 0.731. The van der Waals surface area contributed by atoms with Crippen LogP contribution in [0.1, 0.15) is 78.2 Å². The standard InChI is InChI=1S/C26H39NO4/c1-5-23(27-25(3,4)29)31-22-8-6-18(7-9-22)13-24(28)30-17(2)26-14-19-10-20(15-26)12-21(11-19)16-26/h6-9,17,19-21,23,27,29H,5,10-16H2,1-4H3. The maximum Gasteiger partial charge on any atom is 0.310 e. The summed E-state index contributed by atoms with van der Waals surface area (Å²) < 4.78 is 11.9. The lowest BCUT2D eigenvalue weighted by Crippen LogP contribution is -2.52. The molecule has 0 aliphatic heterocycles. The number of nitrogens with one attached hydrogen (secondary N) is 1. The normalized spacial score (nSPS) is 31.3. The molecule has 0 amide bonds. The highest BCUT2D eigenvalue weighted by Crippen LogP contribution is 2.61. The molecule has 4 aliphatic carbocycles. The van der Waals surface area contributed by atoms with Crippen LogP contribution in [-0.2, 0) is 16.0 Å². The summed E-state index contributed by atoms with van der Waals surface area (Å²) in [7, 11) is 0. The van der Waals surface area contributed by atoms with Crippen molar-refractivity contribution in [3.8, 4) is 5.75 Å². The fourth-order valence-corrected chi connectivity index (χ4v) is 6.66. The highest BCUT2D eigenvalue weighted by Gasteiger charge is 2.54. The monoisotopic (exact) mass is 429 g/mol. The van der Waals surface area contributed by atoms with Gasteiger partial charge in [0.25, 0.3) is 0 Å². The molecule has 2 atom stereocenters. The quantitative estimate of drug-likeness (QED) is 0.436. The molecule has 5 heteroatoms. The molecule has 2 N–H and O–H groups in total. The van der Waals surface area contributed by atoms with Crippen LogP contribution in [0.2, 0.25) is 0 Å². The summed E-state index contributed by atoms with van der Waals surface area (Å²) in [6.45, 7) is 7.51. The van der Waals surface area contributed by atoms with Gasteiger partial charge in [0.15, 0.2) is 6.23 Å². The molecule has 5 nitrogen and oxygen atoms in total. The van der Waals surface area contributed by atoms with Crippen molar-refractivity contribution in [1.29, 1.82) is 0 Å². The van der Waals surface area contributed by atoms with Gasteiger partial charge in [-0.3, -0.25) is 10.1 Å². The minimum absolute atomic E-state index is 0.00855. The summed E-state index contributed by atoms with van der Waals surface area (Å²) in [5.41, 5.74) is 0.154. The second-order valence-electron chi connectivity index (χ2n) is 11.0. The number of benzene rings is 1. The first-order valence-electron chi connectivity index (χ1n) is 12.1. The molecule has 0 radical (unpaired) electrons. The second-order valence-corrected chi connectivity index (χ2v) is 11.0. The number of carbonyl (C=O) groups excluding carboxylic acids is 1. The SMILES string of the molecule is CCC(NC(C)(C)O)Oc1ccc(CC(=O)OC(C)C23CC4CC(CC(C4)C2)C3)cc1. The van der Waals surface area contributed by atoms with Crippen LogP contribution < -0.4 is 10.1 Å². The molecule has 5 rings (SSSR count). The van der Waals surface area contributed by atoms with Crippen LogP contribution in [0.15, 0.2) is 24.3 Å². The summed E-state index contributed by atoms with van der Waals surface area (Å²) in [6, 6.07) is 7.59. The molecule has 0 saturated heterocycles. The van der Waals surface area contributed by atoms with E-state index in [-0.39, 0.29) is 30.1 Å². The van der Waals surface area contributed by atoms with Crippen LogP contribution in [0.4, 0.5) is 0 Å². The van der Waals surface area contributed by atoms with Crippen LogP contribution in [-0.4, -0.2) is 29.1 Å². The first-order chi connectivity index (χ1) is 14.6. The van der Waals surface area contributed by atoms with Crippen LogP contribution in [0, 0.1) is 23.2 Å². The van der Waals surface area contributed by atoms with E-state index in [4.69, 9.17) is 9.47 Å². The minimum Gasteiger partial charge on any atom is -0.475 e. The van der Waals surface area contributed by atoms with Gasteiger partial charge in [0, 0.05) is 5.41 Å². The maximum atomic E-state index is 12.7. The van der Waals surface area contributed by atoms with E-state index in [2.05, 4.69) is 12.2 Å². The highest BCUT2D eigenvalue weighted by molar-refractivity contribution is 5.72. The van der Waals surface area contributed by atoms with Gasteiger partial charge in [-0.05, 0) is 101 Å². The third-order valence-corrected chi connectivity index (χ3v) is 7.69. The van der Waals surface area contributed by atoms with Crippen molar-refractivity contribution in [1.82, 2.24) is 5.32 Å². The third kappa shape index (κ3) is 5.43. The Balaban J connectivity index is 1.30. The number of hydrogen-bond donors (Lipinski definition) is 2. The van der Waals surface area contributed by atoms with Crippen molar-refractivity contribution in [2.24, 2.45) is 23.2 Å². The molecule has 0 aromatic heterocycles. The van der Waals surface area contributed by atoms with Crippen molar-refractivity contribution in [3.63, 3.8) is 0 Å². The summed E-state index contributed by atoms with van der Waals surface area (Å²) in [5, 5.41) is 13.0. The smallest absolute Gasteiger partial charge is 0.310 e. The van der Waals surface area contributed by atoms with Gasteiger partial charge in [0.05, 0.1) is 6.42 Å². The predicted octanol–water partition coefficient (Wildman–Crippen LogP) is 4.81. The zero-order valence-electron chi connectivity index (χ0n) is 19.5. The Hall–Kier alpha value is -1.59. The lowest BCUT2D eigenvalue weighted by molar-refractivity contribution is -0.169. The van der Waals surface area contributed by atoms with Crippen LogP contribution >= 0.6 is 0 Å². The average molecular weight is 430 g/mol. The molecule has 0 spiro atoms. The Morgan fingerprint density at radius 1 is 1.13 bits per heavy atom. The van der Waals surface area contributed by atoms with Gasteiger partial charge in [0.2, 0.25) is 0 Å². The molecule has 4 aliphatic rings. The molecule has 2 unspecified atom stereocenters. The van der Waals surface area contributed by atoms with Crippen molar-refractivity contribution in [2.75, 3.05) is 0 Å². The largest absolute Gasteiger partial charge is 0.475 e. The van der Waals surface area contributed by atoms with Crippen molar-refractivity contribution < 1.29 is 19.4 Å². The highest BCUT2D eigenvalue weighted by atomic mass is 16.5. The Morgan fingerprint density at radius 2 is 1.68 bits per heavy atom. The molecule has 0 heterocycles. The average Bonchev–Trinajstić information content (AvgIpc) is 2.66. The van der Waals surface area contributed by atoms with Crippen molar-refractivity contribution in [3.05, 3.63) is 29.8 Å². The summed E-state index contributed by atoms with van der Waals surface area (Å²) in [6.07, 6.45) is 8.68. The van der Waals surface area contributed by atoms with E-state index < -0.39 is 5.72 Å². The van der Waals surface area contributed by atoms with Crippen molar-refractivity contribution >= 4 is 5.97 Å². The molecule has 4 fully saturated rings. The molecule has 4 bridgehead atoms. The third-order valence-electron chi connectivity index (χ3n) is 7.69. The number of aliphatic hydroxyl groups is 1. The van der Waals surface area contributed by atoms with Crippen LogP contribution in [0.25, 0.3) is 0 Å². The zero-order chi connectivity index (χ0) is 22.2. The Bertz CT molecular complexity index is 731. The van der Waals surface area contributed by atoms with Crippen LogP contribution in [0.3, 0.4) is 0 Å². The summed E-state index contributed by atoms with van der Waals surface area (Å²) in [5.74, 6) is 3.16. The number of esters is 1. The lowest BCUT2D eigenvalue weighted by atomic mass is 9.48. The van der Waals surface area contributed by atoms with E-state index in [1.807, 2.05) is 31.2 Å². The van der Waals surface area contributed by atoms with E-state index in [1.165, 1.54) is 38.5 Å². The number of hydrogen-bond acceptors (Lipinski definition) is 5. The Morgan fingerprint density at radius 3 is 2.16 bits per heavy atom. The second kappa shape index (κ2) is 8.74. The molecular weight excluding hydrogens is 390 g/mol. The van der Waals surface area contributed by atoms with E-state index in [0.29, 0.717) is 5.75 Å². The summed E-state index contributed by atoms with van der Waals surface area (Å²) >= 11 is 0. The molecule has 1 aromatic rings. The van der Waals surface area contributed by atoms with E-state index in [0.717, 1.165) is 29.7 Å². The fourth-order valence-electron chi connectivity index (χ4n) is 6.66. The van der Waals surface area contributed by atoms with Gasteiger partial charge in [-0.2, -0.15) is 0 Å². The first-order valence-corrected chi connectivity index (χ1v) is 12.1. The molecule has 1 aromatic carbocycles. The molecule has 4 saturated carbocycles. The summed E-state index contributed by atoms with van der Waals surface area (Å²) in [4.78, 5) is 12.7. The maximum absolute atomic E-state index is 12.7. The molecule has 31 heavy (non-hydrogen) atoms. The number of ether oxygens (including phenoxy) is 2. The number of carbonyl (C=O) groups is 1. The van der Waals surface area contributed by atoms with Crippen LogP contribution in [0.5, 0.6) is 5.75 Å². The Kier molecular flexibility index (Phi) is 6.37. The van der Waals surface area contributed by atoms with Gasteiger partial charge < -0.3 is 14.6 Å². The first kappa shape index (κ1) is 22.6. The topological polar surface area (TPSA) is 67.8 Å². The number of rotatable bonds is 9. The lowest BCUT2D eigenvalue weighted by Gasteiger charge is -2.58. The van der Waals surface area contributed by atoms with E-state index >= 15 is 0 Å². The predicted molar refractivity (Wildman–Crippen MR) is 120 cm³/mol. The molecule has 172 valence electrons. The minimum atomic E-state index is -1.00.